The van der Waals surface area contributed by atoms with E-state index in [0.29, 0.717) is 0 Å². The van der Waals surface area contributed by atoms with Crippen LogP contribution in [0, 0.1) is 0 Å². The van der Waals surface area contributed by atoms with Gasteiger partial charge in [-0.05, 0) is 124 Å². The summed E-state index contributed by atoms with van der Waals surface area (Å²) in [6, 6.07) is 66.5. The molecule has 0 N–H and O–H groups in total. The van der Waals surface area contributed by atoms with Crippen LogP contribution >= 0.6 is 0 Å². The van der Waals surface area contributed by atoms with E-state index in [-0.39, 0.29) is 0 Å². The second kappa shape index (κ2) is 10.9. The summed E-state index contributed by atoms with van der Waals surface area (Å²) in [5.41, 5.74) is 9.30. The van der Waals surface area contributed by atoms with Crippen LogP contribution in [0.5, 0.6) is 0 Å². The fourth-order valence-corrected chi connectivity index (χ4v) is 8.48. The van der Waals surface area contributed by atoms with Gasteiger partial charge in [0.25, 0.3) is 0 Å². The van der Waals surface area contributed by atoms with Gasteiger partial charge in [0.1, 0.15) is 11.2 Å². The maximum Gasteiger partial charge on any atom is 0.135 e. The average molecular weight is 647 g/mol. The summed E-state index contributed by atoms with van der Waals surface area (Å²) >= 11 is 0. The van der Waals surface area contributed by atoms with Crippen molar-refractivity contribution in [3.05, 3.63) is 182 Å². The summed E-state index contributed by atoms with van der Waals surface area (Å²) in [5.74, 6) is 0. The largest absolute Gasteiger partial charge is 0.456 e. The van der Waals surface area contributed by atoms with Gasteiger partial charge in [0, 0.05) is 10.8 Å². The van der Waals surface area contributed by atoms with Crippen molar-refractivity contribution in [2.75, 3.05) is 0 Å². The van der Waals surface area contributed by atoms with Gasteiger partial charge in [-0.1, -0.05) is 146 Å². The first-order chi connectivity index (χ1) is 25.3. The topological polar surface area (TPSA) is 13.1 Å². The van der Waals surface area contributed by atoms with Crippen LogP contribution < -0.4 is 0 Å². The molecular formula is C50H30O. The van der Waals surface area contributed by atoms with Crippen molar-refractivity contribution < 1.29 is 4.42 Å². The first-order valence-corrected chi connectivity index (χ1v) is 17.6. The first-order valence-electron chi connectivity index (χ1n) is 17.6. The van der Waals surface area contributed by atoms with Gasteiger partial charge >= 0.3 is 0 Å². The minimum Gasteiger partial charge on any atom is -0.456 e. The second-order valence-corrected chi connectivity index (χ2v) is 13.6. The third-order valence-corrected chi connectivity index (χ3v) is 10.8. The molecule has 0 fully saturated rings. The maximum atomic E-state index is 6.10. The van der Waals surface area contributed by atoms with E-state index in [1.165, 1.54) is 87.2 Å². The molecule has 1 heteroatoms. The van der Waals surface area contributed by atoms with E-state index in [1.807, 2.05) is 12.1 Å². The Morgan fingerprint density at radius 2 is 0.745 bits per heavy atom. The molecule has 236 valence electrons. The van der Waals surface area contributed by atoms with Gasteiger partial charge in [-0.15, -0.1) is 0 Å². The Bertz CT molecular complexity index is 3140. The Morgan fingerprint density at radius 1 is 0.255 bits per heavy atom. The third kappa shape index (κ3) is 4.28. The normalized spacial score (nSPS) is 11.9. The lowest BCUT2D eigenvalue weighted by atomic mass is 9.83. The first kappa shape index (κ1) is 28.2. The Morgan fingerprint density at radius 3 is 1.47 bits per heavy atom. The molecule has 1 aromatic heterocycles. The Balaban J connectivity index is 1.11. The predicted octanol–water partition coefficient (Wildman–Crippen LogP) is 14.4. The fraction of sp³-hybridized carbons (Fsp3) is 0. The molecule has 1 heterocycles. The van der Waals surface area contributed by atoms with Crippen LogP contribution in [-0.4, -0.2) is 0 Å². The highest BCUT2D eigenvalue weighted by molar-refractivity contribution is 6.26. The summed E-state index contributed by atoms with van der Waals surface area (Å²) in [6.07, 6.45) is 0. The number of furan rings is 1. The van der Waals surface area contributed by atoms with E-state index in [9.17, 15) is 0 Å². The van der Waals surface area contributed by atoms with Gasteiger partial charge in [-0.2, -0.15) is 0 Å². The highest BCUT2D eigenvalue weighted by atomic mass is 16.3. The fourth-order valence-electron chi connectivity index (χ4n) is 8.48. The average Bonchev–Trinajstić information content (AvgIpc) is 3.57. The van der Waals surface area contributed by atoms with Crippen molar-refractivity contribution >= 4 is 75.8 Å². The summed E-state index contributed by atoms with van der Waals surface area (Å²) < 4.78 is 6.10. The zero-order valence-electron chi connectivity index (χ0n) is 27.7. The minimum absolute atomic E-state index is 0.921. The standard InChI is InChI=1S/C50H30O/c1-2-12-37-35(11-1)30-46(39-14-4-3-13-38(37)39)50-43-18-7-5-16-41(43)49(42-17-6-8-19-44(42)50)36-24-23-31-27-32(21-22-33(31)28-36)34-25-26-48-45(29-34)40-15-9-10-20-47(40)51-48/h1-30H. The molecule has 1 nitrogen and oxygen atoms in total. The summed E-state index contributed by atoms with van der Waals surface area (Å²) in [6.45, 7) is 0. The lowest BCUT2D eigenvalue weighted by molar-refractivity contribution is 0.669. The van der Waals surface area contributed by atoms with Gasteiger partial charge in [-0.3, -0.25) is 0 Å². The number of fused-ring (bicyclic) bond motifs is 9. The van der Waals surface area contributed by atoms with Crippen molar-refractivity contribution in [1.82, 2.24) is 0 Å². The van der Waals surface area contributed by atoms with E-state index < -0.39 is 0 Å². The van der Waals surface area contributed by atoms with Gasteiger partial charge in [0.05, 0.1) is 0 Å². The number of para-hydroxylation sites is 1. The van der Waals surface area contributed by atoms with Crippen LogP contribution in [0.15, 0.2) is 186 Å². The van der Waals surface area contributed by atoms with Crippen LogP contribution in [0.1, 0.15) is 0 Å². The van der Waals surface area contributed by atoms with Gasteiger partial charge < -0.3 is 4.42 Å². The molecule has 0 saturated heterocycles. The summed E-state index contributed by atoms with van der Waals surface area (Å²) in [5, 5.41) is 14.9. The minimum atomic E-state index is 0.921. The van der Waals surface area contributed by atoms with E-state index in [4.69, 9.17) is 4.42 Å². The third-order valence-electron chi connectivity index (χ3n) is 10.8. The van der Waals surface area contributed by atoms with Gasteiger partial charge in [0.15, 0.2) is 0 Å². The van der Waals surface area contributed by atoms with Gasteiger partial charge in [-0.25, -0.2) is 0 Å². The van der Waals surface area contributed by atoms with Crippen LogP contribution in [0.3, 0.4) is 0 Å². The van der Waals surface area contributed by atoms with Crippen LogP contribution in [0.2, 0.25) is 0 Å². The monoisotopic (exact) mass is 646 g/mol. The van der Waals surface area contributed by atoms with Crippen molar-refractivity contribution in [2.24, 2.45) is 0 Å². The van der Waals surface area contributed by atoms with Crippen LogP contribution in [-0.2, 0) is 0 Å². The van der Waals surface area contributed by atoms with Crippen molar-refractivity contribution in [1.29, 1.82) is 0 Å². The smallest absolute Gasteiger partial charge is 0.135 e. The van der Waals surface area contributed by atoms with E-state index in [0.717, 1.165) is 21.9 Å². The molecule has 0 atom stereocenters. The van der Waals surface area contributed by atoms with E-state index in [1.54, 1.807) is 0 Å². The molecule has 0 saturated carbocycles. The SMILES string of the molecule is c1ccc2c(c1)cc(-c1c3ccccc3c(-c3ccc4cc(-c5ccc6oc7ccccc7c6c5)ccc4c3)c3ccccc13)c1ccccc12. The van der Waals surface area contributed by atoms with Crippen molar-refractivity contribution in [3.8, 4) is 33.4 Å². The molecule has 0 radical (unpaired) electrons. The quantitative estimate of drug-likeness (QED) is 0.138. The molecular weight excluding hydrogens is 617 g/mol. The molecule has 10 aromatic carbocycles. The summed E-state index contributed by atoms with van der Waals surface area (Å²) in [7, 11) is 0. The van der Waals surface area contributed by atoms with Crippen LogP contribution in [0.4, 0.5) is 0 Å². The lowest BCUT2D eigenvalue weighted by Crippen LogP contribution is -1.92. The highest BCUT2D eigenvalue weighted by Crippen LogP contribution is 2.47. The predicted molar refractivity (Wildman–Crippen MR) is 218 cm³/mol. The van der Waals surface area contributed by atoms with E-state index in [2.05, 4.69) is 170 Å². The molecule has 0 aliphatic heterocycles. The second-order valence-electron chi connectivity index (χ2n) is 13.6. The summed E-state index contributed by atoms with van der Waals surface area (Å²) in [4.78, 5) is 0. The number of benzene rings is 10. The molecule has 51 heavy (non-hydrogen) atoms. The zero-order chi connectivity index (χ0) is 33.5. The molecule has 0 spiro atoms. The lowest BCUT2D eigenvalue weighted by Gasteiger charge is -2.20. The van der Waals surface area contributed by atoms with Crippen LogP contribution in [0.25, 0.3) is 109 Å². The number of rotatable bonds is 3. The van der Waals surface area contributed by atoms with Crippen molar-refractivity contribution in [2.45, 2.75) is 0 Å². The maximum absolute atomic E-state index is 6.10. The molecule has 11 rings (SSSR count). The highest BCUT2D eigenvalue weighted by Gasteiger charge is 2.19. The molecule has 0 amide bonds. The zero-order valence-corrected chi connectivity index (χ0v) is 27.7. The Labute approximate surface area is 294 Å². The number of hydrogen-bond acceptors (Lipinski definition) is 1. The molecule has 0 bridgehead atoms. The van der Waals surface area contributed by atoms with E-state index >= 15 is 0 Å². The molecule has 0 aliphatic carbocycles. The molecule has 0 aliphatic rings. The Hall–Kier alpha value is -6.70. The molecule has 11 aromatic rings. The Kier molecular flexibility index (Phi) is 6.02. The molecule has 0 unspecified atom stereocenters. The van der Waals surface area contributed by atoms with Gasteiger partial charge in [0.2, 0.25) is 0 Å². The number of hydrogen-bond donors (Lipinski definition) is 0. The van der Waals surface area contributed by atoms with Crippen molar-refractivity contribution in [3.63, 3.8) is 0 Å².